The average Bonchev–Trinajstić information content (AvgIpc) is 3.47. The van der Waals surface area contributed by atoms with E-state index >= 15 is 0 Å². The number of amides is 2. The number of aromatic nitrogens is 4. The molecule has 9 nitrogen and oxygen atoms in total. The number of carbonyl (C=O) groups is 2. The van der Waals surface area contributed by atoms with E-state index in [0.29, 0.717) is 29.0 Å². The molecule has 10 heteroatoms. The highest BCUT2D eigenvalue weighted by Crippen LogP contribution is 2.25. The van der Waals surface area contributed by atoms with Crippen molar-refractivity contribution in [2.75, 3.05) is 18.0 Å². The number of rotatable bonds is 10. The van der Waals surface area contributed by atoms with Crippen molar-refractivity contribution in [3.05, 3.63) is 47.8 Å². The second kappa shape index (κ2) is 9.97. The van der Waals surface area contributed by atoms with Crippen molar-refractivity contribution >= 4 is 28.3 Å². The minimum absolute atomic E-state index is 0.148. The smallest absolute Gasteiger partial charge is 0.298 e. The molecule has 0 bridgehead atoms. The van der Waals surface area contributed by atoms with E-state index in [1.54, 1.807) is 17.4 Å². The van der Waals surface area contributed by atoms with Gasteiger partial charge in [-0.3, -0.25) is 14.5 Å². The van der Waals surface area contributed by atoms with Crippen LogP contribution in [0.2, 0.25) is 0 Å². The third-order valence-corrected chi connectivity index (χ3v) is 5.23. The molecular formula is C19H24N6O3S. The van der Waals surface area contributed by atoms with Gasteiger partial charge in [-0.25, -0.2) is 9.97 Å². The van der Waals surface area contributed by atoms with Crippen molar-refractivity contribution in [3.63, 3.8) is 0 Å². The Kier molecular flexibility index (Phi) is 7.12. The predicted octanol–water partition coefficient (Wildman–Crippen LogP) is 2.84. The number of aryl methyl sites for hydroxylation is 1. The van der Waals surface area contributed by atoms with Gasteiger partial charge in [-0.05, 0) is 18.8 Å². The highest BCUT2D eigenvalue weighted by Gasteiger charge is 2.24. The molecule has 0 aliphatic heterocycles. The predicted molar refractivity (Wildman–Crippen MR) is 109 cm³/mol. The molecule has 0 aliphatic carbocycles. The second-order valence-corrected chi connectivity index (χ2v) is 7.94. The first-order chi connectivity index (χ1) is 14.0. The fraction of sp³-hybridized carbons (Fsp3) is 0.421. The SMILES string of the molecule is CC(C)CCN(C(=O)c1ccno1)c1ncc(C(=O)NCCCn2ccnc2)s1. The molecule has 154 valence electrons. The molecule has 3 aromatic heterocycles. The summed E-state index contributed by atoms with van der Waals surface area (Å²) in [5, 5.41) is 6.95. The van der Waals surface area contributed by atoms with Gasteiger partial charge in [-0.2, -0.15) is 0 Å². The molecule has 0 saturated heterocycles. The standard InChI is InChI=1S/C19H24N6O3S/c1-14(2)5-10-25(18(27)15-4-7-23-28-15)19-22-12-16(29-19)17(26)21-6-3-9-24-11-8-20-13-24/h4,7-8,11-14H,3,5-6,9-10H2,1-2H3,(H,21,26). The molecule has 0 aliphatic rings. The van der Waals surface area contributed by atoms with Crippen LogP contribution in [-0.2, 0) is 6.54 Å². The number of hydrogen-bond donors (Lipinski definition) is 1. The van der Waals surface area contributed by atoms with Crippen molar-refractivity contribution in [1.82, 2.24) is 25.0 Å². The lowest BCUT2D eigenvalue weighted by atomic mass is 10.1. The van der Waals surface area contributed by atoms with Gasteiger partial charge in [-0.15, -0.1) is 0 Å². The van der Waals surface area contributed by atoms with E-state index in [-0.39, 0.29) is 17.6 Å². The summed E-state index contributed by atoms with van der Waals surface area (Å²) >= 11 is 1.19. The summed E-state index contributed by atoms with van der Waals surface area (Å²) < 4.78 is 6.96. The van der Waals surface area contributed by atoms with Crippen LogP contribution >= 0.6 is 11.3 Å². The molecule has 0 spiro atoms. The summed E-state index contributed by atoms with van der Waals surface area (Å²) in [6.07, 6.45) is 9.87. The molecule has 3 rings (SSSR count). The second-order valence-electron chi connectivity index (χ2n) is 6.93. The Morgan fingerprint density at radius 2 is 2.21 bits per heavy atom. The van der Waals surface area contributed by atoms with Crippen LogP contribution in [0.3, 0.4) is 0 Å². The third-order valence-electron chi connectivity index (χ3n) is 4.21. The van der Waals surface area contributed by atoms with Gasteiger partial charge in [0.1, 0.15) is 4.88 Å². The van der Waals surface area contributed by atoms with Gasteiger partial charge >= 0.3 is 0 Å². The molecule has 0 fully saturated rings. The fourth-order valence-electron chi connectivity index (χ4n) is 2.59. The maximum absolute atomic E-state index is 12.8. The van der Waals surface area contributed by atoms with Crippen LogP contribution < -0.4 is 10.2 Å². The molecule has 3 heterocycles. The van der Waals surface area contributed by atoms with E-state index in [1.807, 2.05) is 10.8 Å². The maximum atomic E-state index is 12.8. The van der Waals surface area contributed by atoms with Crippen molar-refractivity contribution in [2.24, 2.45) is 5.92 Å². The van der Waals surface area contributed by atoms with Crippen LogP contribution in [0.25, 0.3) is 0 Å². The fourth-order valence-corrected chi connectivity index (χ4v) is 3.45. The highest BCUT2D eigenvalue weighted by atomic mass is 32.1. The van der Waals surface area contributed by atoms with Crippen LogP contribution in [0.1, 0.15) is 46.9 Å². The minimum atomic E-state index is -0.315. The molecule has 0 unspecified atom stereocenters. The Morgan fingerprint density at radius 3 is 2.90 bits per heavy atom. The van der Waals surface area contributed by atoms with Crippen LogP contribution in [0.4, 0.5) is 5.13 Å². The number of anilines is 1. The van der Waals surface area contributed by atoms with Crippen LogP contribution in [-0.4, -0.2) is 44.6 Å². The van der Waals surface area contributed by atoms with Gasteiger partial charge < -0.3 is 14.4 Å². The summed E-state index contributed by atoms with van der Waals surface area (Å²) in [4.78, 5) is 35.5. The quantitative estimate of drug-likeness (QED) is 0.510. The molecule has 3 aromatic rings. The minimum Gasteiger partial charge on any atom is -0.351 e. The van der Waals surface area contributed by atoms with Crippen molar-refractivity contribution < 1.29 is 14.1 Å². The largest absolute Gasteiger partial charge is 0.351 e. The summed E-state index contributed by atoms with van der Waals surface area (Å²) in [6, 6.07) is 1.52. The molecule has 0 atom stereocenters. The van der Waals surface area contributed by atoms with E-state index < -0.39 is 0 Å². The summed E-state index contributed by atoms with van der Waals surface area (Å²) in [7, 11) is 0. The van der Waals surface area contributed by atoms with Crippen molar-refractivity contribution in [2.45, 2.75) is 33.2 Å². The Bertz CT molecular complexity index is 904. The molecule has 1 N–H and O–H groups in total. The van der Waals surface area contributed by atoms with E-state index in [4.69, 9.17) is 4.52 Å². The van der Waals surface area contributed by atoms with E-state index in [9.17, 15) is 9.59 Å². The number of thiazole rings is 1. The first-order valence-electron chi connectivity index (χ1n) is 9.47. The molecule has 2 amide bonds. The summed E-state index contributed by atoms with van der Waals surface area (Å²) in [5.74, 6) is 0.0489. The number of hydrogen-bond acceptors (Lipinski definition) is 7. The zero-order valence-corrected chi connectivity index (χ0v) is 17.3. The first-order valence-corrected chi connectivity index (χ1v) is 10.3. The molecule has 0 saturated carbocycles. The topological polar surface area (TPSA) is 106 Å². The Balaban J connectivity index is 1.61. The number of nitrogens with zero attached hydrogens (tertiary/aromatic N) is 5. The number of nitrogens with one attached hydrogen (secondary N) is 1. The zero-order chi connectivity index (χ0) is 20.6. The van der Waals surface area contributed by atoms with E-state index in [2.05, 4.69) is 34.3 Å². The number of carbonyl (C=O) groups excluding carboxylic acids is 2. The number of imidazole rings is 1. The summed E-state index contributed by atoms with van der Waals surface area (Å²) in [5.41, 5.74) is 0. The van der Waals surface area contributed by atoms with Crippen molar-refractivity contribution in [1.29, 1.82) is 0 Å². The van der Waals surface area contributed by atoms with Crippen LogP contribution in [0.5, 0.6) is 0 Å². The normalized spacial score (nSPS) is 11.0. The molecule has 0 aromatic carbocycles. The highest BCUT2D eigenvalue weighted by molar-refractivity contribution is 7.17. The Labute approximate surface area is 172 Å². The van der Waals surface area contributed by atoms with E-state index in [0.717, 1.165) is 19.4 Å². The Morgan fingerprint density at radius 1 is 1.34 bits per heavy atom. The van der Waals surface area contributed by atoms with Gasteiger partial charge in [0, 0.05) is 38.1 Å². The van der Waals surface area contributed by atoms with Gasteiger partial charge in [0.05, 0.1) is 18.7 Å². The first kappa shape index (κ1) is 20.7. The lowest BCUT2D eigenvalue weighted by molar-refractivity contribution is 0.0945. The lowest BCUT2D eigenvalue weighted by Gasteiger charge is -2.19. The van der Waals surface area contributed by atoms with Crippen LogP contribution in [0.15, 0.2) is 41.7 Å². The van der Waals surface area contributed by atoms with Crippen LogP contribution in [0, 0.1) is 5.92 Å². The molecular weight excluding hydrogens is 392 g/mol. The molecule has 0 radical (unpaired) electrons. The van der Waals surface area contributed by atoms with Gasteiger partial charge in [0.15, 0.2) is 5.13 Å². The Hall–Kier alpha value is -3.01. The van der Waals surface area contributed by atoms with Gasteiger partial charge in [-0.1, -0.05) is 30.3 Å². The maximum Gasteiger partial charge on any atom is 0.298 e. The van der Waals surface area contributed by atoms with Gasteiger partial charge in [0.25, 0.3) is 11.8 Å². The molecule has 29 heavy (non-hydrogen) atoms. The average molecular weight is 417 g/mol. The zero-order valence-electron chi connectivity index (χ0n) is 16.4. The van der Waals surface area contributed by atoms with Crippen molar-refractivity contribution in [3.8, 4) is 0 Å². The monoisotopic (exact) mass is 416 g/mol. The lowest BCUT2D eigenvalue weighted by Crippen LogP contribution is -2.32. The van der Waals surface area contributed by atoms with E-state index in [1.165, 1.54) is 29.8 Å². The third kappa shape index (κ3) is 5.74. The summed E-state index contributed by atoms with van der Waals surface area (Å²) in [6.45, 7) is 5.97. The van der Waals surface area contributed by atoms with Gasteiger partial charge in [0.2, 0.25) is 5.76 Å².